The molecule has 242 valence electrons. The lowest BCUT2D eigenvalue weighted by Gasteiger charge is -2.37. The van der Waals surface area contributed by atoms with Crippen molar-refractivity contribution >= 4 is 0 Å². The molecule has 0 saturated heterocycles. The number of aromatic nitrogens is 1. The van der Waals surface area contributed by atoms with Crippen LogP contribution in [0.2, 0.25) is 0 Å². The van der Waals surface area contributed by atoms with Gasteiger partial charge >= 0.3 is 0 Å². The molecule has 0 unspecified atom stereocenters. The van der Waals surface area contributed by atoms with E-state index in [0.717, 1.165) is 53.6 Å². The number of benzene rings is 2. The van der Waals surface area contributed by atoms with Crippen LogP contribution in [0.5, 0.6) is 11.5 Å². The molecule has 1 aromatic heterocycles. The van der Waals surface area contributed by atoms with Crippen LogP contribution in [-0.4, -0.2) is 9.88 Å². The molecule has 0 aliphatic heterocycles. The van der Waals surface area contributed by atoms with E-state index >= 15 is 0 Å². The van der Waals surface area contributed by atoms with Crippen LogP contribution in [0.15, 0.2) is 48.7 Å². The predicted molar refractivity (Wildman–Crippen MR) is 182 cm³/mol. The Hall–Kier alpha value is -2.85. The Morgan fingerprint density at radius 2 is 0.977 bits per heavy atom. The summed E-state index contributed by atoms with van der Waals surface area (Å²) in [4.78, 5) is 6.87. The van der Waals surface area contributed by atoms with Gasteiger partial charge in [0.15, 0.2) is 0 Å². The Labute approximate surface area is 269 Å². The van der Waals surface area contributed by atoms with Gasteiger partial charge in [-0.1, -0.05) is 113 Å². The smallest absolute Gasteiger partial charge is 0.0544 e. The van der Waals surface area contributed by atoms with Crippen LogP contribution in [0.3, 0.4) is 0 Å². The summed E-state index contributed by atoms with van der Waals surface area (Å²) in [6.07, 6.45) is 5.52. The maximum atomic E-state index is 14.2. The van der Waals surface area contributed by atoms with Gasteiger partial charge in [-0.05, 0) is 92.9 Å². The summed E-state index contributed by atoms with van der Waals surface area (Å²) in [5, 5.41) is 28.4. The predicted octanol–water partition coefficient (Wildman–Crippen LogP) is 9.18. The van der Waals surface area contributed by atoms with Gasteiger partial charge in [0.1, 0.15) is 0 Å². The Morgan fingerprint density at radius 1 is 0.568 bits per heavy atom. The first-order chi connectivity index (χ1) is 20.4. The highest BCUT2D eigenvalue weighted by Crippen LogP contribution is 2.42. The van der Waals surface area contributed by atoms with E-state index in [1.54, 1.807) is 0 Å². The Morgan fingerprint density at radius 3 is 1.32 bits per heavy atom. The maximum Gasteiger partial charge on any atom is 0.0544 e. The Balaban J connectivity index is 2.23. The highest BCUT2D eigenvalue weighted by atomic mass is 16.3. The van der Waals surface area contributed by atoms with E-state index in [9.17, 15) is 10.2 Å². The SMILES string of the molecule is CCC(C)(C)c1cc(CN(Cc2ccccn2)Cc2cc(C(C)(C)CC)cc(C(C)(C)CC)c2[O-])c([O-])c(C(C)(C)CC)c1. The lowest BCUT2D eigenvalue weighted by molar-refractivity contribution is -0.271. The van der Waals surface area contributed by atoms with Gasteiger partial charge in [-0.15, -0.1) is 11.5 Å². The third-order valence-corrected chi connectivity index (χ3v) is 10.8. The van der Waals surface area contributed by atoms with Crippen LogP contribution >= 0.6 is 0 Å². The van der Waals surface area contributed by atoms with E-state index in [1.165, 1.54) is 11.1 Å². The van der Waals surface area contributed by atoms with E-state index in [-0.39, 0.29) is 33.2 Å². The van der Waals surface area contributed by atoms with Crippen LogP contribution in [0.1, 0.15) is 148 Å². The van der Waals surface area contributed by atoms with Crippen molar-refractivity contribution in [3.05, 3.63) is 87.7 Å². The van der Waals surface area contributed by atoms with Crippen LogP contribution in [0.4, 0.5) is 0 Å². The molecule has 0 aliphatic rings. The molecule has 0 saturated carbocycles. The fourth-order valence-electron chi connectivity index (χ4n) is 5.56. The molecule has 0 spiro atoms. The average Bonchev–Trinajstić information content (AvgIpc) is 2.99. The molecule has 44 heavy (non-hydrogen) atoms. The van der Waals surface area contributed by atoms with Crippen LogP contribution < -0.4 is 10.2 Å². The van der Waals surface area contributed by atoms with Crippen LogP contribution in [0, 0.1) is 0 Å². The monoisotopic (exact) mass is 598 g/mol. The summed E-state index contributed by atoms with van der Waals surface area (Å²) in [7, 11) is 0. The zero-order valence-electron chi connectivity index (χ0n) is 29.8. The third-order valence-electron chi connectivity index (χ3n) is 10.8. The van der Waals surface area contributed by atoms with Crippen LogP contribution in [-0.2, 0) is 41.3 Å². The van der Waals surface area contributed by atoms with Crippen molar-refractivity contribution in [2.24, 2.45) is 0 Å². The first-order valence-corrected chi connectivity index (χ1v) is 16.7. The molecule has 0 N–H and O–H groups in total. The van der Waals surface area contributed by atoms with Gasteiger partial charge in [0.2, 0.25) is 0 Å². The second kappa shape index (κ2) is 13.6. The van der Waals surface area contributed by atoms with Gasteiger partial charge in [0.25, 0.3) is 0 Å². The molecule has 0 aliphatic carbocycles. The second-order valence-corrected chi connectivity index (χ2v) is 15.4. The van der Waals surface area contributed by atoms with Crippen molar-refractivity contribution in [2.45, 2.75) is 150 Å². The fourth-order valence-corrected chi connectivity index (χ4v) is 5.56. The number of pyridine rings is 1. The summed E-state index contributed by atoms with van der Waals surface area (Å²) in [5.74, 6) is 0.240. The number of rotatable bonds is 14. The molecule has 0 atom stereocenters. The van der Waals surface area contributed by atoms with E-state index in [1.807, 2.05) is 24.4 Å². The molecule has 1 heterocycles. The highest BCUT2D eigenvalue weighted by molar-refractivity contribution is 5.50. The molecule has 3 aromatic rings. The standard InChI is InChI=1S/C40H60N2O2/c1-13-37(5,6)30-21-28(35(43)33(23-30)39(9,10)15-3)25-42(27-32-19-17-18-20-41-32)26-29-22-31(38(7,8)14-2)24-34(36(29)44)40(11,12)16-4/h17-24,43-44H,13-16,25-27H2,1-12H3/p-2. The van der Waals surface area contributed by atoms with Crippen molar-refractivity contribution in [1.82, 2.24) is 9.88 Å². The minimum absolute atomic E-state index is 0.0598. The molecule has 0 bridgehead atoms. The molecule has 4 heteroatoms. The summed E-state index contributed by atoms with van der Waals surface area (Å²) in [6.45, 7) is 27.9. The van der Waals surface area contributed by atoms with E-state index in [0.29, 0.717) is 19.6 Å². The second-order valence-electron chi connectivity index (χ2n) is 15.4. The lowest BCUT2D eigenvalue weighted by atomic mass is 9.75. The third kappa shape index (κ3) is 7.86. The molecule has 0 amide bonds. The normalized spacial score (nSPS) is 13.1. The number of hydrogen-bond donors (Lipinski definition) is 0. The molecule has 4 nitrogen and oxygen atoms in total. The van der Waals surface area contributed by atoms with Gasteiger partial charge < -0.3 is 10.2 Å². The fraction of sp³-hybridized carbons (Fsp3) is 0.575. The van der Waals surface area contributed by atoms with Crippen molar-refractivity contribution in [3.63, 3.8) is 0 Å². The quantitative estimate of drug-likeness (QED) is 0.186. The molecule has 0 radical (unpaired) electrons. The number of nitrogens with zero attached hydrogens (tertiary/aromatic N) is 2. The Kier molecular flexibility index (Phi) is 11.1. The first kappa shape index (κ1) is 35.6. The summed E-state index contributed by atoms with van der Waals surface area (Å²) >= 11 is 0. The average molecular weight is 599 g/mol. The Bertz CT molecular complexity index is 1320. The molecule has 3 rings (SSSR count). The van der Waals surface area contributed by atoms with Crippen molar-refractivity contribution in [1.29, 1.82) is 0 Å². The number of hydrogen-bond acceptors (Lipinski definition) is 4. The van der Waals surface area contributed by atoms with Crippen LogP contribution in [0.25, 0.3) is 0 Å². The highest BCUT2D eigenvalue weighted by Gasteiger charge is 2.28. The van der Waals surface area contributed by atoms with E-state index in [4.69, 9.17) is 0 Å². The minimum Gasteiger partial charge on any atom is -0.872 e. The van der Waals surface area contributed by atoms with Crippen molar-refractivity contribution in [3.8, 4) is 11.5 Å². The molecule has 2 aromatic carbocycles. The van der Waals surface area contributed by atoms with Crippen molar-refractivity contribution in [2.75, 3.05) is 0 Å². The van der Waals surface area contributed by atoms with Gasteiger partial charge in [0.05, 0.1) is 5.69 Å². The summed E-state index contributed by atoms with van der Waals surface area (Å²) in [6, 6.07) is 14.5. The van der Waals surface area contributed by atoms with E-state index < -0.39 is 0 Å². The van der Waals surface area contributed by atoms with Gasteiger partial charge in [-0.3, -0.25) is 9.88 Å². The maximum absolute atomic E-state index is 14.2. The lowest BCUT2D eigenvalue weighted by Crippen LogP contribution is -2.28. The molecular formula is C40H58N2O2-2. The molecule has 0 fully saturated rings. The summed E-state index contributed by atoms with van der Waals surface area (Å²) < 4.78 is 0. The topological polar surface area (TPSA) is 62.2 Å². The molecular weight excluding hydrogens is 540 g/mol. The van der Waals surface area contributed by atoms with Gasteiger partial charge in [-0.2, -0.15) is 0 Å². The van der Waals surface area contributed by atoms with Gasteiger partial charge in [-0.25, -0.2) is 0 Å². The van der Waals surface area contributed by atoms with E-state index in [2.05, 4.69) is 117 Å². The first-order valence-electron chi connectivity index (χ1n) is 16.7. The van der Waals surface area contributed by atoms with Gasteiger partial charge in [0, 0.05) is 25.8 Å². The minimum atomic E-state index is -0.236. The van der Waals surface area contributed by atoms with Crippen molar-refractivity contribution < 1.29 is 10.2 Å². The largest absolute Gasteiger partial charge is 0.872 e. The summed E-state index contributed by atoms with van der Waals surface area (Å²) in [5.41, 5.74) is 6.09. The zero-order valence-corrected chi connectivity index (χ0v) is 29.8. The zero-order chi connectivity index (χ0) is 33.1.